The third kappa shape index (κ3) is 4.66. The number of methoxy groups -OCH3 is 1. The van der Waals surface area contributed by atoms with Crippen molar-refractivity contribution in [2.24, 2.45) is 0 Å². The monoisotopic (exact) mass is 395 g/mol. The summed E-state index contributed by atoms with van der Waals surface area (Å²) in [6, 6.07) is 15.4. The molecule has 0 unspecified atom stereocenters. The van der Waals surface area contributed by atoms with Crippen LogP contribution in [0.1, 0.15) is 27.8 Å². The third-order valence-electron chi connectivity index (χ3n) is 3.96. The van der Waals surface area contributed by atoms with Crippen LogP contribution in [0.15, 0.2) is 60.8 Å². The molecule has 0 spiro atoms. The normalized spacial score (nSPS) is 10.2. The first-order valence-electron chi connectivity index (χ1n) is 8.45. The number of nitrogens with zero attached hydrogens (tertiary/aromatic N) is 1. The van der Waals surface area contributed by atoms with Crippen molar-refractivity contribution in [1.29, 1.82) is 0 Å². The van der Waals surface area contributed by atoms with Crippen molar-refractivity contribution < 1.29 is 14.3 Å². The van der Waals surface area contributed by atoms with Gasteiger partial charge in [-0.25, -0.2) is 0 Å². The van der Waals surface area contributed by atoms with E-state index in [2.05, 4.69) is 15.6 Å². The maximum absolute atomic E-state index is 12.5. The Labute approximate surface area is 167 Å². The number of aromatic nitrogens is 1. The molecular weight excluding hydrogens is 378 g/mol. The molecule has 142 valence electrons. The lowest BCUT2D eigenvalue weighted by Crippen LogP contribution is -2.14. The summed E-state index contributed by atoms with van der Waals surface area (Å²) in [5.74, 6) is 0.130. The number of carbonyl (C=O) groups excluding carboxylic acids is 2. The first-order chi connectivity index (χ1) is 13.5. The lowest BCUT2D eigenvalue weighted by Gasteiger charge is -2.10. The summed E-state index contributed by atoms with van der Waals surface area (Å²) in [4.78, 5) is 28.1. The predicted octanol–water partition coefficient (Wildman–Crippen LogP) is 4.94. The zero-order valence-corrected chi connectivity index (χ0v) is 16.1. The van der Waals surface area contributed by atoms with Gasteiger partial charge in [0.2, 0.25) is 0 Å². The molecule has 1 aromatic heterocycles. The number of hydrogen-bond donors (Lipinski definition) is 2. The maximum Gasteiger partial charge on any atom is 0.274 e. The number of pyridine rings is 1. The first kappa shape index (κ1) is 19.4. The number of benzene rings is 2. The van der Waals surface area contributed by atoms with E-state index in [0.717, 1.165) is 5.69 Å². The van der Waals surface area contributed by atoms with Gasteiger partial charge in [0.15, 0.2) is 5.78 Å². The van der Waals surface area contributed by atoms with Crippen molar-refractivity contribution in [3.63, 3.8) is 0 Å². The topological polar surface area (TPSA) is 80.3 Å². The van der Waals surface area contributed by atoms with Gasteiger partial charge in [-0.2, -0.15) is 0 Å². The number of anilines is 3. The van der Waals surface area contributed by atoms with Crippen LogP contribution in [-0.2, 0) is 0 Å². The molecule has 2 N–H and O–H groups in total. The lowest BCUT2D eigenvalue weighted by atomic mass is 10.1. The Hall–Kier alpha value is -3.38. The molecular formula is C21H18ClN3O3. The molecule has 3 aromatic rings. The molecule has 0 aliphatic carbocycles. The Morgan fingerprint density at radius 3 is 2.50 bits per heavy atom. The lowest BCUT2D eigenvalue weighted by molar-refractivity contribution is 0.100. The number of rotatable bonds is 6. The zero-order valence-electron chi connectivity index (χ0n) is 15.3. The molecule has 7 heteroatoms. The van der Waals surface area contributed by atoms with E-state index in [0.29, 0.717) is 27.7 Å². The molecule has 0 bridgehead atoms. The van der Waals surface area contributed by atoms with Gasteiger partial charge in [0.25, 0.3) is 5.91 Å². The Morgan fingerprint density at radius 2 is 1.79 bits per heavy atom. The standard InChI is InChI=1S/C21H18ClN3O3/c1-13(26)14-4-3-5-15(10-14)25-21(27)19-12-17(8-9-23-19)24-16-6-7-20(28-2)18(22)11-16/h3-12H,1-2H3,(H,23,24)(H,25,27). The second-order valence-corrected chi connectivity index (χ2v) is 6.40. The number of halogens is 1. The largest absolute Gasteiger partial charge is 0.495 e. The van der Waals surface area contributed by atoms with Crippen LogP contribution in [0.5, 0.6) is 5.75 Å². The molecule has 0 aliphatic heterocycles. The summed E-state index contributed by atoms with van der Waals surface area (Å²) in [6.07, 6.45) is 1.54. The molecule has 6 nitrogen and oxygen atoms in total. The highest BCUT2D eigenvalue weighted by Gasteiger charge is 2.10. The van der Waals surface area contributed by atoms with Gasteiger partial charge in [-0.15, -0.1) is 0 Å². The number of ether oxygens (including phenoxy) is 1. The average Bonchev–Trinajstić information content (AvgIpc) is 2.68. The number of nitrogens with one attached hydrogen (secondary N) is 2. The summed E-state index contributed by atoms with van der Waals surface area (Å²) in [6.45, 7) is 1.48. The number of amides is 1. The molecule has 0 radical (unpaired) electrons. The van der Waals surface area contributed by atoms with E-state index in [-0.39, 0.29) is 17.4 Å². The van der Waals surface area contributed by atoms with Crippen LogP contribution >= 0.6 is 11.6 Å². The van der Waals surface area contributed by atoms with Crippen molar-refractivity contribution in [3.05, 3.63) is 77.1 Å². The second-order valence-electron chi connectivity index (χ2n) is 6.00. The Balaban J connectivity index is 1.75. The molecule has 2 aromatic carbocycles. The fourth-order valence-corrected chi connectivity index (χ4v) is 2.81. The molecule has 1 amide bonds. The van der Waals surface area contributed by atoms with Crippen molar-refractivity contribution in [2.75, 3.05) is 17.7 Å². The van der Waals surface area contributed by atoms with E-state index in [1.807, 2.05) is 6.07 Å². The van der Waals surface area contributed by atoms with Crippen molar-refractivity contribution >= 4 is 40.4 Å². The van der Waals surface area contributed by atoms with Gasteiger partial charge >= 0.3 is 0 Å². The Bertz CT molecular complexity index is 1040. The Morgan fingerprint density at radius 1 is 1.00 bits per heavy atom. The molecule has 28 heavy (non-hydrogen) atoms. The summed E-state index contributed by atoms with van der Waals surface area (Å²) < 4.78 is 5.14. The molecule has 1 heterocycles. The highest BCUT2D eigenvalue weighted by molar-refractivity contribution is 6.32. The van der Waals surface area contributed by atoms with E-state index in [4.69, 9.17) is 16.3 Å². The number of hydrogen-bond acceptors (Lipinski definition) is 5. The summed E-state index contributed by atoms with van der Waals surface area (Å²) >= 11 is 6.14. The van der Waals surface area contributed by atoms with E-state index in [9.17, 15) is 9.59 Å². The molecule has 0 saturated heterocycles. The fraction of sp³-hybridized carbons (Fsp3) is 0.0952. The Kier molecular flexibility index (Phi) is 5.91. The average molecular weight is 396 g/mol. The maximum atomic E-state index is 12.5. The van der Waals surface area contributed by atoms with Gasteiger partial charge in [-0.3, -0.25) is 14.6 Å². The SMILES string of the molecule is COc1ccc(Nc2ccnc(C(=O)Nc3cccc(C(C)=O)c3)c2)cc1Cl. The number of Topliss-reactive ketones (excluding diaryl/α,β-unsaturated/α-hetero) is 1. The van der Waals surface area contributed by atoms with Gasteiger partial charge in [-0.05, 0) is 49.4 Å². The van der Waals surface area contributed by atoms with Gasteiger partial charge in [0, 0.05) is 28.8 Å². The van der Waals surface area contributed by atoms with Crippen LogP contribution in [0.25, 0.3) is 0 Å². The zero-order chi connectivity index (χ0) is 20.1. The van der Waals surface area contributed by atoms with E-state index >= 15 is 0 Å². The van der Waals surface area contributed by atoms with E-state index < -0.39 is 0 Å². The highest BCUT2D eigenvalue weighted by atomic mass is 35.5. The molecule has 0 saturated carbocycles. The van der Waals surface area contributed by atoms with Gasteiger partial charge in [0.1, 0.15) is 11.4 Å². The van der Waals surface area contributed by atoms with Crippen molar-refractivity contribution in [2.45, 2.75) is 6.92 Å². The first-order valence-corrected chi connectivity index (χ1v) is 8.83. The van der Waals surface area contributed by atoms with Gasteiger partial charge in [-0.1, -0.05) is 23.7 Å². The van der Waals surface area contributed by atoms with Crippen LogP contribution in [0.2, 0.25) is 5.02 Å². The summed E-state index contributed by atoms with van der Waals surface area (Å²) in [5, 5.41) is 6.40. The quantitative estimate of drug-likeness (QED) is 0.577. The predicted molar refractivity (Wildman–Crippen MR) is 110 cm³/mol. The minimum absolute atomic E-state index is 0.0708. The number of ketones is 1. The van der Waals surface area contributed by atoms with Crippen LogP contribution < -0.4 is 15.4 Å². The molecule has 0 atom stereocenters. The minimum Gasteiger partial charge on any atom is -0.495 e. The van der Waals surface area contributed by atoms with E-state index in [1.165, 1.54) is 13.1 Å². The second kappa shape index (κ2) is 8.54. The van der Waals surface area contributed by atoms with Gasteiger partial charge < -0.3 is 15.4 Å². The fourth-order valence-electron chi connectivity index (χ4n) is 2.55. The van der Waals surface area contributed by atoms with Gasteiger partial charge in [0.05, 0.1) is 12.1 Å². The van der Waals surface area contributed by atoms with Crippen molar-refractivity contribution in [3.8, 4) is 5.75 Å². The number of carbonyl (C=O) groups is 2. The summed E-state index contributed by atoms with van der Waals surface area (Å²) in [7, 11) is 1.55. The minimum atomic E-state index is -0.378. The molecule has 3 rings (SSSR count). The molecule has 0 fully saturated rings. The third-order valence-corrected chi connectivity index (χ3v) is 4.26. The molecule has 0 aliphatic rings. The summed E-state index contributed by atoms with van der Waals surface area (Å²) in [5.41, 5.74) is 2.71. The van der Waals surface area contributed by atoms with Crippen molar-refractivity contribution in [1.82, 2.24) is 4.98 Å². The van der Waals surface area contributed by atoms with Crippen LogP contribution in [0.3, 0.4) is 0 Å². The van der Waals surface area contributed by atoms with E-state index in [1.54, 1.807) is 55.6 Å². The van der Waals surface area contributed by atoms with Crippen LogP contribution in [0.4, 0.5) is 17.1 Å². The highest BCUT2D eigenvalue weighted by Crippen LogP contribution is 2.28. The van der Waals surface area contributed by atoms with Crippen LogP contribution in [0, 0.1) is 0 Å². The van der Waals surface area contributed by atoms with Crippen LogP contribution in [-0.4, -0.2) is 23.8 Å². The smallest absolute Gasteiger partial charge is 0.274 e.